The van der Waals surface area contributed by atoms with Crippen molar-refractivity contribution in [3.05, 3.63) is 0 Å². The first-order chi connectivity index (χ1) is 4.76. The van der Waals surface area contributed by atoms with Crippen LogP contribution in [0.25, 0.3) is 0 Å². The van der Waals surface area contributed by atoms with Crippen LogP contribution in [-0.4, -0.2) is 26.6 Å². The molecule has 0 aromatic carbocycles. The Hall–Kier alpha value is -0.120. The molecule has 3 heteroatoms. The summed E-state index contributed by atoms with van der Waals surface area (Å²) in [6, 6.07) is 0. The lowest BCUT2D eigenvalue weighted by molar-refractivity contribution is -0.146. The van der Waals surface area contributed by atoms with Crippen molar-refractivity contribution in [3.8, 4) is 0 Å². The van der Waals surface area contributed by atoms with Gasteiger partial charge in [-0.3, -0.25) is 0 Å². The summed E-state index contributed by atoms with van der Waals surface area (Å²) in [4.78, 5) is 0. The Morgan fingerprint density at radius 1 is 1.50 bits per heavy atom. The minimum absolute atomic E-state index is 0.144. The van der Waals surface area contributed by atoms with Crippen LogP contribution in [0.1, 0.15) is 13.8 Å². The molecular formula is C7H17NO2. The molecule has 10 heavy (non-hydrogen) atoms. The quantitative estimate of drug-likeness (QED) is 0.579. The molecule has 0 saturated heterocycles. The van der Waals surface area contributed by atoms with Crippen LogP contribution < -0.4 is 5.73 Å². The molecule has 0 aliphatic rings. The van der Waals surface area contributed by atoms with E-state index in [2.05, 4.69) is 0 Å². The molecule has 0 spiro atoms. The smallest absolute Gasteiger partial charge is 0.160 e. The third kappa shape index (κ3) is 3.15. The molecule has 0 amide bonds. The maximum absolute atomic E-state index is 5.42. The molecule has 0 aromatic heterocycles. The van der Waals surface area contributed by atoms with Gasteiger partial charge >= 0.3 is 0 Å². The maximum Gasteiger partial charge on any atom is 0.160 e. The van der Waals surface area contributed by atoms with Crippen molar-refractivity contribution in [2.45, 2.75) is 20.1 Å². The molecule has 2 unspecified atom stereocenters. The Kier molecular flexibility index (Phi) is 5.58. The predicted molar refractivity (Wildman–Crippen MR) is 40.6 cm³/mol. The van der Waals surface area contributed by atoms with Gasteiger partial charge in [-0.2, -0.15) is 0 Å². The average molecular weight is 147 g/mol. The number of hydrogen-bond donors (Lipinski definition) is 1. The van der Waals surface area contributed by atoms with Gasteiger partial charge in [0.15, 0.2) is 6.29 Å². The van der Waals surface area contributed by atoms with E-state index in [1.807, 2.05) is 13.8 Å². The summed E-state index contributed by atoms with van der Waals surface area (Å²) in [7, 11) is 1.63. The normalized spacial score (nSPS) is 16.8. The van der Waals surface area contributed by atoms with Crippen molar-refractivity contribution in [2.24, 2.45) is 11.7 Å². The van der Waals surface area contributed by atoms with Gasteiger partial charge in [-0.15, -0.1) is 0 Å². The molecule has 0 saturated carbocycles. The number of ether oxygens (including phenoxy) is 2. The van der Waals surface area contributed by atoms with Crippen molar-refractivity contribution in [2.75, 3.05) is 20.3 Å². The highest BCUT2D eigenvalue weighted by Crippen LogP contribution is 2.05. The Balaban J connectivity index is 3.56. The van der Waals surface area contributed by atoms with Crippen LogP contribution in [0.5, 0.6) is 0 Å². The Bertz CT molecular complexity index is 78.0. The molecule has 0 rings (SSSR count). The van der Waals surface area contributed by atoms with Gasteiger partial charge in [-0.05, 0) is 13.5 Å². The van der Waals surface area contributed by atoms with Crippen molar-refractivity contribution >= 4 is 0 Å². The second-order valence-corrected chi connectivity index (χ2v) is 2.27. The summed E-state index contributed by atoms with van der Waals surface area (Å²) in [5.74, 6) is 0.268. The highest BCUT2D eigenvalue weighted by molar-refractivity contribution is 4.56. The standard InChI is InChI=1S/C7H17NO2/c1-4-10-7(9-3)6(2)5-8/h6-7H,4-5,8H2,1-3H3. The van der Waals surface area contributed by atoms with Crippen LogP contribution in [0.15, 0.2) is 0 Å². The largest absolute Gasteiger partial charge is 0.356 e. The lowest BCUT2D eigenvalue weighted by Crippen LogP contribution is -2.29. The van der Waals surface area contributed by atoms with E-state index in [0.29, 0.717) is 13.2 Å². The zero-order chi connectivity index (χ0) is 7.98. The first-order valence-electron chi connectivity index (χ1n) is 3.60. The number of hydrogen-bond acceptors (Lipinski definition) is 3. The van der Waals surface area contributed by atoms with Crippen LogP contribution in [0, 0.1) is 5.92 Å². The maximum atomic E-state index is 5.42. The van der Waals surface area contributed by atoms with Gasteiger partial charge in [0.2, 0.25) is 0 Å². The zero-order valence-corrected chi connectivity index (χ0v) is 6.96. The van der Waals surface area contributed by atoms with Crippen LogP contribution in [-0.2, 0) is 9.47 Å². The van der Waals surface area contributed by atoms with Crippen molar-refractivity contribution in [1.29, 1.82) is 0 Å². The van der Waals surface area contributed by atoms with Crippen LogP contribution >= 0.6 is 0 Å². The summed E-state index contributed by atoms with van der Waals surface area (Å²) in [5, 5.41) is 0. The third-order valence-corrected chi connectivity index (χ3v) is 1.40. The highest BCUT2D eigenvalue weighted by Gasteiger charge is 2.13. The zero-order valence-electron chi connectivity index (χ0n) is 6.96. The topological polar surface area (TPSA) is 44.5 Å². The number of nitrogens with two attached hydrogens (primary N) is 1. The SMILES string of the molecule is CCOC(OC)C(C)CN. The summed E-state index contributed by atoms with van der Waals surface area (Å²) < 4.78 is 10.3. The number of rotatable bonds is 5. The highest BCUT2D eigenvalue weighted by atomic mass is 16.7. The third-order valence-electron chi connectivity index (χ3n) is 1.40. The summed E-state index contributed by atoms with van der Waals surface area (Å²) in [5.41, 5.74) is 5.42. The van der Waals surface area contributed by atoms with E-state index in [1.165, 1.54) is 0 Å². The van der Waals surface area contributed by atoms with Gasteiger partial charge < -0.3 is 15.2 Å². The van der Waals surface area contributed by atoms with E-state index in [4.69, 9.17) is 15.2 Å². The Morgan fingerprint density at radius 2 is 2.10 bits per heavy atom. The second-order valence-electron chi connectivity index (χ2n) is 2.27. The van der Waals surface area contributed by atoms with E-state index in [1.54, 1.807) is 7.11 Å². The molecule has 2 N–H and O–H groups in total. The molecule has 0 bridgehead atoms. The molecule has 0 aromatic rings. The molecule has 0 heterocycles. The van der Waals surface area contributed by atoms with E-state index in [-0.39, 0.29) is 12.2 Å². The lowest BCUT2D eigenvalue weighted by Gasteiger charge is -2.20. The first kappa shape index (κ1) is 9.88. The van der Waals surface area contributed by atoms with Gasteiger partial charge in [0.25, 0.3) is 0 Å². The van der Waals surface area contributed by atoms with Crippen molar-refractivity contribution in [1.82, 2.24) is 0 Å². The minimum Gasteiger partial charge on any atom is -0.356 e. The number of methoxy groups -OCH3 is 1. The van der Waals surface area contributed by atoms with Gasteiger partial charge in [0.1, 0.15) is 0 Å². The van der Waals surface area contributed by atoms with E-state index in [0.717, 1.165) is 0 Å². The lowest BCUT2D eigenvalue weighted by atomic mass is 10.2. The summed E-state index contributed by atoms with van der Waals surface area (Å²) in [6.07, 6.45) is -0.144. The van der Waals surface area contributed by atoms with Gasteiger partial charge in [0, 0.05) is 19.6 Å². The molecule has 0 radical (unpaired) electrons. The second kappa shape index (κ2) is 5.65. The Morgan fingerprint density at radius 3 is 2.40 bits per heavy atom. The molecule has 0 fully saturated rings. The predicted octanol–water partition coefficient (Wildman–Crippen LogP) is 0.590. The van der Waals surface area contributed by atoms with Crippen LogP contribution in [0.2, 0.25) is 0 Å². The Labute approximate surface area is 62.5 Å². The van der Waals surface area contributed by atoms with Crippen molar-refractivity contribution in [3.63, 3.8) is 0 Å². The summed E-state index contributed by atoms with van der Waals surface area (Å²) in [6.45, 7) is 5.21. The van der Waals surface area contributed by atoms with Gasteiger partial charge in [-0.25, -0.2) is 0 Å². The molecule has 0 aliphatic heterocycles. The monoisotopic (exact) mass is 147 g/mol. The molecule has 0 aliphatic carbocycles. The van der Waals surface area contributed by atoms with Crippen LogP contribution in [0.4, 0.5) is 0 Å². The molecular weight excluding hydrogens is 130 g/mol. The van der Waals surface area contributed by atoms with Crippen molar-refractivity contribution < 1.29 is 9.47 Å². The van der Waals surface area contributed by atoms with Crippen LogP contribution in [0.3, 0.4) is 0 Å². The average Bonchev–Trinajstić information content (AvgIpc) is 1.99. The first-order valence-corrected chi connectivity index (χ1v) is 3.60. The van der Waals surface area contributed by atoms with E-state index >= 15 is 0 Å². The fourth-order valence-electron chi connectivity index (χ4n) is 0.740. The van der Waals surface area contributed by atoms with E-state index in [9.17, 15) is 0 Å². The fourth-order valence-corrected chi connectivity index (χ4v) is 0.740. The minimum atomic E-state index is -0.144. The van der Waals surface area contributed by atoms with Gasteiger partial charge in [0.05, 0.1) is 0 Å². The van der Waals surface area contributed by atoms with Gasteiger partial charge in [-0.1, -0.05) is 6.92 Å². The summed E-state index contributed by atoms with van der Waals surface area (Å²) >= 11 is 0. The molecule has 2 atom stereocenters. The fraction of sp³-hybridized carbons (Fsp3) is 1.00. The molecule has 62 valence electrons. The molecule has 3 nitrogen and oxygen atoms in total. The van der Waals surface area contributed by atoms with E-state index < -0.39 is 0 Å².